The second kappa shape index (κ2) is 6.05. The molecule has 2 aromatic rings. The van der Waals surface area contributed by atoms with Crippen molar-refractivity contribution in [1.29, 1.82) is 0 Å². The molecule has 2 rings (SSSR count). The molecule has 2 heterocycles. The van der Waals surface area contributed by atoms with Gasteiger partial charge in [-0.15, -0.1) is 0 Å². The zero-order valence-corrected chi connectivity index (χ0v) is 10.1. The first kappa shape index (κ1) is 11.7. The lowest BCUT2D eigenvalue weighted by atomic mass is 10.4. The first-order valence-corrected chi connectivity index (χ1v) is 5.85. The van der Waals surface area contributed by atoms with Crippen LogP contribution in [0.3, 0.4) is 0 Å². The zero-order valence-electron chi connectivity index (χ0n) is 9.17. The summed E-state index contributed by atoms with van der Waals surface area (Å²) in [5.74, 6) is 2.29. The second-order valence-corrected chi connectivity index (χ2v) is 3.75. The molecule has 0 saturated carbocycles. The minimum absolute atomic E-state index is 0.743. The van der Waals surface area contributed by atoms with E-state index in [1.807, 2.05) is 18.2 Å². The molecule has 0 aliphatic carbocycles. The van der Waals surface area contributed by atoms with Gasteiger partial charge in [0, 0.05) is 36.4 Å². The van der Waals surface area contributed by atoms with Gasteiger partial charge in [-0.3, -0.25) is 4.98 Å². The van der Waals surface area contributed by atoms with Crippen molar-refractivity contribution >= 4 is 30.0 Å². The van der Waals surface area contributed by atoms with Crippen LogP contribution in [0.4, 0.5) is 17.3 Å². The predicted octanol–water partition coefficient (Wildman–Crippen LogP) is 1.96. The van der Waals surface area contributed by atoms with Crippen molar-refractivity contribution in [1.82, 2.24) is 15.0 Å². The third-order valence-corrected chi connectivity index (χ3v) is 2.26. The summed E-state index contributed by atoms with van der Waals surface area (Å²) in [6, 6.07) is 5.61. The maximum Gasteiger partial charge on any atom is 0.135 e. The quantitative estimate of drug-likeness (QED) is 0.705. The molecule has 2 N–H and O–H groups in total. The van der Waals surface area contributed by atoms with E-state index in [0.717, 1.165) is 29.6 Å². The largest absolute Gasteiger partial charge is 0.369 e. The summed E-state index contributed by atoms with van der Waals surface area (Å²) in [6.07, 6.45) is 4.97. The normalized spacial score (nSPS) is 9.94. The van der Waals surface area contributed by atoms with Crippen LogP contribution in [0.1, 0.15) is 0 Å². The van der Waals surface area contributed by atoms with Crippen molar-refractivity contribution in [3.63, 3.8) is 0 Å². The molecule has 6 heteroatoms. The molecule has 17 heavy (non-hydrogen) atoms. The second-order valence-electron chi connectivity index (χ2n) is 3.30. The number of hydrogen-bond donors (Lipinski definition) is 3. The Morgan fingerprint density at radius 1 is 1.12 bits per heavy atom. The summed E-state index contributed by atoms with van der Waals surface area (Å²) in [6.45, 7) is 0.773. The number of hydrogen-bond acceptors (Lipinski definition) is 6. The molecule has 0 radical (unpaired) electrons. The minimum atomic E-state index is 0.743. The lowest BCUT2D eigenvalue weighted by Crippen LogP contribution is -2.05. The average molecular weight is 247 g/mol. The van der Waals surface area contributed by atoms with E-state index in [1.165, 1.54) is 6.33 Å². The number of nitrogens with one attached hydrogen (secondary N) is 2. The molecule has 0 aliphatic heterocycles. The van der Waals surface area contributed by atoms with Gasteiger partial charge in [0.15, 0.2) is 0 Å². The summed E-state index contributed by atoms with van der Waals surface area (Å²) in [5.41, 5.74) is 0.943. The molecule has 0 amide bonds. The average Bonchev–Trinajstić information content (AvgIpc) is 2.38. The fraction of sp³-hybridized carbons (Fsp3) is 0.182. The van der Waals surface area contributed by atoms with Gasteiger partial charge in [0.1, 0.15) is 18.0 Å². The van der Waals surface area contributed by atoms with E-state index >= 15 is 0 Å². The lowest BCUT2D eigenvalue weighted by Gasteiger charge is -2.07. The van der Waals surface area contributed by atoms with Gasteiger partial charge < -0.3 is 10.6 Å². The van der Waals surface area contributed by atoms with Crippen molar-refractivity contribution in [3.8, 4) is 0 Å². The number of aromatic nitrogens is 3. The van der Waals surface area contributed by atoms with Gasteiger partial charge >= 0.3 is 0 Å². The van der Waals surface area contributed by atoms with E-state index in [0.29, 0.717) is 0 Å². The van der Waals surface area contributed by atoms with E-state index < -0.39 is 0 Å². The molecular formula is C11H13N5S. The van der Waals surface area contributed by atoms with Crippen LogP contribution in [-0.2, 0) is 0 Å². The van der Waals surface area contributed by atoms with Gasteiger partial charge in [-0.1, -0.05) is 0 Å². The Kier molecular flexibility index (Phi) is 4.15. The third kappa shape index (κ3) is 3.60. The molecule has 0 bridgehead atoms. The molecule has 0 aromatic carbocycles. The van der Waals surface area contributed by atoms with Crippen LogP contribution < -0.4 is 10.6 Å². The lowest BCUT2D eigenvalue weighted by molar-refractivity contribution is 1.12. The Hall–Kier alpha value is -1.82. The standard InChI is InChI=1S/C11H13N5S/c17-6-5-13-10-7-11(15-8-14-10)16-9-1-3-12-4-2-9/h1-4,7-8,17H,5-6H2,(H2,12,13,14,15,16). The van der Waals surface area contributed by atoms with Crippen LogP contribution in [0, 0.1) is 0 Å². The number of thiol groups is 1. The fourth-order valence-electron chi connectivity index (χ4n) is 1.29. The molecule has 5 nitrogen and oxygen atoms in total. The fourth-order valence-corrected chi connectivity index (χ4v) is 1.40. The van der Waals surface area contributed by atoms with Crippen molar-refractivity contribution in [2.75, 3.05) is 22.9 Å². The summed E-state index contributed by atoms with van der Waals surface area (Å²) in [4.78, 5) is 12.2. The Bertz CT molecular complexity index is 462. The van der Waals surface area contributed by atoms with E-state index in [1.54, 1.807) is 12.4 Å². The number of nitrogens with zero attached hydrogens (tertiary/aromatic N) is 3. The van der Waals surface area contributed by atoms with Crippen LogP contribution in [0.25, 0.3) is 0 Å². The monoisotopic (exact) mass is 247 g/mol. The van der Waals surface area contributed by atoms with Gasteiger partial charge in [0.2, 0.25) is 0 Å². The van der Waals surface area contributed by atoms with Gasteiger partial charge in [-0.25, -0.2) is 9.97 Å². The molecular weight excluding hydrogens is 234 g/mol. The zero-order chi connectivity index (χ0) is 11.9. The van der Waals surface area contributed by atoms with Crippen LogP contribution in [0.5, 0.6) is 0 Å². The Labute approximate surface area is 105 Å². The van der Waals surface area contributed by atoms with Crippen LogP contribution in [-0.4, -0.2) is 27.2 Å². The van der Waals surface area contributed by atoms with Crippen LogP contribution >= 0.6 is 12.6 Å². The van der Waals surface area contributed by atoms with Crippen molar-refractivity contribution in [2.45, 2.75) is 0 Å². The third-order valence-electron chi connectivity index (χ3n) is 2.04. The Morgan fingerprint density at radius 2 is 1.88 bits per heavy atom. The topological polar surface area (TPSA) is 62.7 Å². The van der Waals surface area contributed by atoms with Gasteiger partial charge in [-0.05, 0) is 12.1 Å². The van der Waals surface area contributed by atoms with Crippen LogP contribution in [0.2, 0.25) is 0 Å². The van der Waals surface area contributed by atoms with E-state index in [4.69, 9.17) is 0 Å². The minimum Gasteiger partial charge on any atom is -0.369 e. The first-order chi connectivity index (χ1) is 8.38. The number of anilines is 3. The highest BCUT2D eigenvalue weighted by Crippen LogP contribution is 2.14. The Balaban J connectivity index is 2.06. The highest BCUT2D eigenvalue weighted by Gasteiger charge is 1.98. The SMILES string of the molecule is SCCNc1cc(Nc2ccncc2)ncn1. The highest BCUT2D eigenvalue weighted by atomic mass is 32.1. The molecule has 0 unspecified atom stereocenters. The molecule has 0 fully saturated rings. The molecule has 88 valence electrons. The van der Waals surface area contributed by atoms with Crippen molar-refractivity contribution in [3.05, 3.63) is 36.9 Å². The Morgan fingerprint density at radius 3 is 2.65 bits per heavy atom. The summed E-state index contributed by atoms with van der Waals surface area (Å²) in [7, 11) is 0. The van der Waals surface area contributed by atoms with E-state index in [-0.39, 0.29) is 0 Å². The molecule has 0 spiro atoms. The maximum atomic E-state index is 4.14. The molecule has 2 aromatic heterocycles. The van der Waals surface area contributed by atoms with Crippen molar-refractivity contribution < 1.29 is 0 Å². The molecule has 0 atom stereocenters. The van der Waals surface area contributed by atoms with Gasteiger partial charge in [-0.2, -0.15) is 12.6 Å². The smallest absolute Gasteiger partial charge is 0.135 e. The van der Waals surface area contributed by atoms with Gasteiger partial charge in [0.05, 0.1) is 0 Å². The van der Waals surface area contributed by atoms with Crippen molar-refractivity contribution in [2.24, 2.45) is 0 Å². The van der Waals surface area contributed by atoms with Crippen LogP contribution in [0.15, 0.2) is 36.9 Å². The number of pyridine rings is 1. The summed E-state index contributed by atoms with van der Waals surface area (Å²) >= 11 is 4.13. The first-order valence-electron chi connectivity index (χ1n) is 5.22. The van der Waals surface area contributed by atoms with Gasteiger partial charge in [0.25, 0.3) is 0 Å². The van der Waals surface area contributed by atoms with E-state index in [2.05, 4.69) is 38.2 Å². The highest BCUT2D eigenvalue weighted by molar-refractivity contribution is 7.80. The summed E-state index contributed by atoms with van der Waals surface area (Å²) < 4.78 is 0. The molecule has 0 saturated heterocycles. The maximum absolute atomic E-state index is 4.14. The summed E-state index contributed by atoms with van der Waals surface area (Å²) in [5, 5.41) is 6.31. The molecule has 0 aliphatic rings. The van der Waals surface area contributed by atoms with E-state index in [9.17, 15) is 0 Å². The predicted molar refractivity (Wildman–Crippen MR) is 71.9 cm³/mol. The number of rotatable bonds is 5.